The Balaban J connectivity index is 1.13. The van der Waals surface area contributed by atoms with Crippen molar-refractivity contribution >= 4 is 38.9 Å². The molecule has 4 nitrogen and oxygen atoms in total. The van der Waals surface area contributed by atoms with Crippen molar-refractivity contribution in [2.24, 2.45) is 0 Å². The van der Waals surface area contributed by atoms with Crippen LogP contribution in [0.25, 0.3) is 72.4 Å². The van der Waals surface area contributed by atoms with E-state index in [9.17, 15) is 0 Å². The van der Waals surface area contributed by atoms with Crippen LogP contribution in [0.5, 0.6) is 0 Å². The van der Waals surface area contributed by atoms with E-state index in [1.807, 2.05) is 6.07 Å². The lowest BCUT2D eigenvalue weighted by atomic mass is 9.92. The van der Waals surface area contributed by atoms with E-state index in [4.69, 9.17) is 9.97 Å². The quantitative estimate of drug-likeness (QED) is 0.178. The van der Waals surface area contributed by atoms with E-state index >= 15 is 0 Å². The van der Waals surface area contributed by atoms with Crippen molar-refractivity contribution in [2.45, 2.75) is 12.3 Å². The number of rotatable bonds is 5. The van der Waals surface area contributed by atoms with Gasteiger partial charge in [-0.3, -0.25) is 0 Å². The van der Waals surface area contributed by atoms with E-state index in [-0.39, 0.29) is 5.92 Å². The molecule has 4 heteroatoms. The van der Waals surface area contributed by atoms with Crippen LogP contribution in [-0.2, 0) is 0 Å². The summed E-state index contributed by atoms with van der Waals surface area (Å²) in [5, 5.41) is 2.45. The number of aromatic nitrogens is 3. The summed E-state index contributed by atoms with van der Waals surface area (Å²) >= 11 is 0. The molecule has 264 valence electrons. The van der Waals surface area contributed by atoms with Crippen LogP contribution in [0.1, 0.15) is 18.0 Å². The molecule has 3 heterocycles. The van der Waals surface area contributed by atoms with Gasteiger partial charge in [0.1, 0.15) is 0 Å². The average molecular weight is 717 g/mol. The zero-order chi connectivity index (χ0) is 37.0. The van der Waals surface area contributed by atoms with E-state index in [0.717, 1.165) is 57.5 Å². The topological polar surface area (TPSA) is 34.0 Å². The van der Waals surface area contributed by atoms with Crippen molar-refractivity contribution in [3.05, 3.63) is 206 Å². The molecule has 0 spiro atoms. The Morgan fingerprint density at radius 3 is 1.98 bits per heavy atom. The highest BCUT2D eigenvalue weighted by molar-refractivity contribution is 6.19. The summed E-state index contributed by atoms with van der Waals surface area (Å²) in [5.74, 6) is 0.945. The van der Waals surface area contributed by atoms with E-state index in [2.05, 4.69) is 204 Å². The predicted octanol–water partition coefficient (Wildman–Crippen LogP) is 13.6. The molecule has 0 fully saturated rings. The second kappa shape index (κ2) is 13.2. The van der Waals surface area contributed by atoms with Crippen LogP contribution in [0, 0.1) is 0 Å². The van der Waals surface area contributed by atoms with Gasteiger partial charge in [-0.15, -0.1) is 0 Å². The van der Waals surface area contributed by atoms with Crippen LogP contribution < -0.4 is 4.90 Å². The molecule has 0 radical (unpaired) electrons. The van der Waals surface area contributed by atoms with Gasteiger partial charge in [0.05, 0.1) is 33.8 Å². The predicted molar refractivity (Wildman–Crippen MR) is 232 cm³/mol. The molecular formula is C52H36N4. The number of allylic oxidation sites excluding steroid dienone is 4. The van der Waals surface area contributed by atoms with Crippen LogP contribution in [0.15, 0.2) is 200 Å². The monoisotopic (exact) mass is 716 g/mol. The molecule has 2 aliphatic rings. The first kappa shape index (κ1) is 32.2. The number of para-hydroxylation sites is 4. The molecule has 0 bridgehead atoms. The summed E-state index contributed by atoms with van der Waals surface area (Å²) in [5.41, 5.74) is 15.8. The van der Waals surface area contributed by atoms with Crippen LogP contribution in [0.3, 0.4) is 0 Å². The van der Waals surface area contributed by atoms with E-state index in [1.165, 1.54) is 44.1 Å². The highest BCUT2D eigenvalue weighted by atomic mass is 15.1. The van der Waals surface area contributed by atoms with Gasteiger partial charge in [0.25, 0.3) is 0 Å². The van der Waals surface area contributed by atoms with Crippen molar-refractivity contribution in [3.8, 4) is 50.6 Å². The molecule has 0 N–H and O–H groups in total. The number of benzene rings is 7. The standard InChI is InChI=1S/C52H36N4/c1-4-16-35(17-5-1)45-34-46(36-18-6-2-7-19-36)54-52(53-45)37-28-30-39(31-29-37)56-48-26-14-11-23-41(48)43-33-32-42-40-22-10-13-25-47(40)55(38-20-8-3-9-21-38)49-27-15-12-24-44(49)50(42)51(43)56/h1-18,20-34,36H,19H2. The van der Waals surface area contributed by atoms with Gasteiger partial charge < -0.3 is 9.47 Å². The van der Waals surface area contributed by atoms with Gasteiger partial charge in [0.2, 0.25) is 0 Å². The molecule has 56 heavy (non-hydrogen) atoms. The third-order valence-corrected chi connectivity index (χ3v) is 11.3. The van der Waals surface area contributed by atoms with Gasteiger partial charge in [0.15, 0.2) is 5.82 Å². The number of anilines is 3. The maximum absolute atomic E-state index is 5.18. The summed E-state index contributed by atoms with van der Waals surface area (Å²) in [6, 6.07) is 63.2. The Labute approximate surface area is 326 Å². The maximum atomic E-state index is 5.18. The fourth-order valence-electron chi connectivity index (χ4n) is 8.69. The SMILES string of the molecule is C1=CCC(c2cc(-c3ccccc3)nc(-c3ccc(-n4c5ccccc5c5ccc6c(c54)-c4ccccc4N(c4ccccc4)c4ccccc4-6)cc3)n2)C=C1. The number of hydrogen-bond acceptors (Lipinski definition) is 3. The molecule has 0 amide bonds. The Morgan fingerprint density at radius 1 is 0.500 bits per heavy atom. The summed E-state index contributed by atoms with van der Waals surface area (Å²) in [4.78, 5) is 12.7. The Morgan fingerprint density at radius 2 is 1.20 bits per heavy atom. The molecule has 1 atom stereocenters. The van der Waals surface area contributed by atoms with Crippen molar-refractivity contribution in [1.82, 2.24) is 14.5 Å². The molecule has 7 aromatic carbocycles. The molecule has 0 saturated heterocycles. The van der Waals surface area contributed by atoms with Gasteiger partial charge in [-0.2, -0.15) is 0 Å². The molecule has 1 aliphatic heterocycles. The van der Waals surface area contributed by atoms with Crippen LogP contribution in [0.2, 0.25) is 0 Å². The van der Waals surface area contributed by atoms with Crippen molar-refractivity contribution in [2.75, 3.05) is 4.90 Å². The normalized spacial score (nSPS) is 14.4. The molecule has 0 saturated carbocycles. The van der Waals surface area contributed by atoms with Crippen molar-refractivity contribution < 1.29 is 0 Å². The minimum atomic E-state index is 0.210. The second-order valence-electron chi connectivity index (χ2n) is 14.5. The fourth-order valence-corrected chi connectivity index (χ4v) is 8.69. The zero-order valence-corrected chi connectivity index (χ0v) is 30.6. The molecule has 1 aliphatic carbocycles. The first-order valence-corrected chi connectivity index (χ1v) is 19.3. The number of hydrogen-bond donors (Lipinski definition) is 0. The van der Waals surface area contributed by atoms with E-state index in [1.54, 1.807) is 0 Å². The lowest BCUT2D eigenvalue weighted by Gasteiger charge is -2.27. The Hall–Kier alpha value is -7.30. The van der Waals surface area contributed by atoms with E-state index in [0.29, 0.717) is 0 Å². The smallest absolute Gasteiger partial charge is 0.160 e. The average Bonchev–Trinajstić information content (AvgIpc) is 3.55. The number of fused-ring (bicyclic) bond motifs is 9. The van der Waals surface area contributed by atoms with Gasteiger partial charge in [0, 0.05) is 55.9 Å². The van der Waals surface area contributed by atoms with Crippen LogP contribution in [-0.4, -0.2) is 14.5 Å². The Bertz CT molecular complexity index is 2990. The molecule has 9 aromatic rings. The minimum Gasteiger partial charge on any atom is -0.309 e. The highest BCUT2D eigenvalue weighted by Crippen LogP contribution is 2.53. The van der Waals surface area contributed by atoms with Gasteiger partial charge in [-0.25, -0.2) is 9.97 Å². The van der Waals surface area contributed by atoms with E-state index < -0.39 is 0 Å². The third-order valence-electron chi connectivity index (χ3n) is 11.3. The minimum absolute atomic E-state index is 0.210. The Kier molecular flexibility index (Phi) is 7.59. The summed E-state index contributed by atoms with van der Waals surface area (Å²) in [7, 11) is 0. The molecule has 11 rings (SSSR count). The van der Waals surface area contributed by atoms with Crippen LogP contribution >= 0.6 is 0 Å². The highest BCUT2D eigenvalue weighted by Gasteiger charge is 2.29. The fraction of sp³-hybridized carbons (Fsp3) is 0.0385. The number of nitrogens with zero attached hydrogens (tertiary/aromatic N) is 4. The van der Waals surface area contributed by atoms with Gasteiger partial charge in [-0.05, 0) is 72.6 Å². The molecular weight excluding hydrogens is 681 g/mol. The molecule has 2 aromatic heterocycles. The summed E-state index contributed by atoms with van der Waals surface area (Å²) < 4.78 is 2.46. The van der Waals surface area contributed by atoms with Crippen molar-refractivity contribution in [1.29, 1.82) is 0 Å². The van der Waals surface area contributed by atoms with Gasteiger partial charge >= 0.3 is 0 Å². The second-order valence-corrected chi connectivity index (χ2v) is 14.5. The summed E-state index contributed by atoms with van der Waals surface area (Å²) in [6.45, 7) is 0. The molecule has 1 unspecified atom stereocenters. The van der Waals surface area contributed by atoms with Crippen LogP contribution in [0.4, 0.5) is 17.1 Å². The lowest BCUT2D eigenvalue weighted by molar-refractivity contribution is 0.811. The zero-order valence-electron chi connectivity index (χ0n) is 30.6. The largest absolute Gasteiger partial charge is 0.309 e. The first-order valence-electron chi connectivity index (χ1n) is 19.3. The van der Waals surface area contributed by atoms with Gasteiger partial charge in [-0.1, -0.05) is 140 Å². The first-order chi connectivity index (χ1) is 27.8. The third kappa shape index (κ3) is 5.22. The lowest BCUT2D eigenvalue weighted by Crippen LogP contribution is -2.10. The maximum Gasteiger partial charge on any atom is 0.160 e. The van der Waals surface area contributed by atoms with Crippen molar-refractivity contribution in [3.63, 3.8) is 0 Å². The summed E-state index contributed by atoms with van der Waals surface area (Å²) in [6.07, 6.45) is 9.61.